The Morgan fingerprint density at radius 1 is 1.50 bits per heavy atom. The molecule has 0 radical (unpaired) electrons. The lowest BCUT2D eigenvalue weighted by molar-refractivity contribution is 0.326. The van der Waals surface area contributed by atoms with Crippen LogP contribution in [-0.2, 0) is 0 Å². The van der Waals surface area contributed by atoms with Gasteiger partial charge in [-0.25, -0.2) is 4.39 Å². The highest BCUT2D eigenvalue weighted by molar-refractivity contribution is 7.15. The van der Waals surface area contributed by atoms with Crippen LogP contribution in [0.1, 0.15) is 37.6 Å². The van der Waals surface area contributed by atoms with Crippen molar-refractivity contribution in [2.24, 2.45) is 0 Å². The predicted molar refractivity (Wildman–Crippen MR) is 55.6 cm³/mol. The van der Waals surface area contributed by atoms with Gasteiger partial charge in [0.1, 0.15) is 10.7 Å². The fourth-order valence-electron chi connectivity index (χ4n) is 1.09. The van der Waals surface area contributed by atoms with E-state index in [4.69, 9.17) is 0 Å². The first kappa shape index (κ1) is 9.83. The van der Waals surface area contributed by atoms with E-state index in [2.05, 4.69) is 29.4 Å². The molecule has 1 fully saturated rings. The van der Waals surface area contributed by atoms with Crippen molar-refractivity contribution in [3.8, 4) is 0 Å². The smallest absolute Gasteiger partial charge is 0.205 e. The highest BCUT2D eigenvalue weighted by Gasteiger charge is 2.43. The van der Waals surface area contributed by atoms with E-state index in [9.17, 15) is 4.39 Å². The summed E-state index contributed by atoms with van der Waals surface area (Å²) in [6.45, 7) is 4.52. The number of nitrogens with one attached hydrogen (secondary N) is 1. The van der Waals surface area contributed by atoms with Gasteiger partial charge in [-0.3, -0.25) is 0 Å². The Bertz CT molecular complexity index is 320. The number of rotatable bonds is 4. The van der Waals surface area contributed by atoms with Gasteiger partial charge in [0.25, 0.3) is 0 Å². The summed E-state index contributed by atoms with van der Waals surface area (Å²) < 4.78 is 13.2. The molecule has 1 aliphatic carbocycles. The first-order valence-corrected chi connectivity index (χ1v) is 5.67. The minimum atomic E-state index is -0.969. The summed E-state index contributed by atoms with van der Waals surface area (Å²) in [5.74, 6) is 0.392. The van der Waals surface area contributed by atoms with E-state index in [0.717, 1.165) is 10.1 Å². The van der Waals surface area contributed by atoms with E-state index in [1.165, 1.54) is 11.3 Å². The van der Waals surface area contributed by atoms with Crippen LogP contribution in [0.2, 0.25) is 0 Å². The lowest BCUT2D eigenvalue weighted by Gasteiger charge is -2.03. The highest BCUT2D eigenvalue weighted by Crippen LogP contribution is 2.39. The number of hydrogen-bond donors (Lipinski definition) is 1. The second kappa shape index (κ2) is 3.46. The zero-order valence-corrected chi connectivity index (χ0v) is 9.20. The lowest BCUT2D eigenvalue weighted by atomic mass is 10.2. The number of alkyl halides is 1. The lowest BCUT2D eigenvalue weighted by Crippen LogP contribution is -2.15. The van der Waals surface area contributed by atoms with Gasteiger partial charge in [-0.1, -0.05) is 25.2 Å². The van der Waals surface area contributed by atoms with Crippen LogP contribution in [0.3, 0.4) is 0 Å². The summed E-state index contributed by atoms with van der Waals surface area (Å²) in [4.78, 5) is 0. The summed E-state index contributed by atoms with van der Waals surface area (Å²) in [7, 11) is 0. The Morgan fingerprint density at radius 3 is 2.71 bits per heavy atom. The molecule has 0 aliphatic heterocycles. The molecule has 1 heterocycles. The maximum atomic E-state index is 13.2. The summed E-state index contributed by atoms with van der Waals surface area (Å²) in [5.41, 5.74) is -0.969. The predicted octanol–water partition coefficient (Wildman–Crippen LogP) is 2.58. The van der Waals surface area contributed by atoms with Crippen LogP contribution in [0, 0.1) is 0 Å². The van der Waals surface area contributed by atoms with Gasteiger partial charge in [-0.15, -0.1) is 10.2 Å². The molecule has 2 rings (SSSR count). The number of anilines is 1. The third-order valence-electron chi connectivity index (χ3n) is 2.28. The second-order valence-corrected chi connectivity index (χ2v) is 5.11. The first-order chi connectivity index (χ1) is 6.59. The molecule has 5 heteroatoms. The van der Waals surface area contributed by atoms with E-state index in [0.29, 0.717) is 25.3 Å². The molecule has 0 amide bonds. The molecule has 0 saturated heterocycles. The van der Waals surface area contributed by atoms with E-state index in [-0.39, 0.29) is 0 Å². The Labute approximate surface area is 86.7 Å². The van der Waals surface area contributed by atoms with Crippen LogP contribution < -0.4 is 5.32 Å². The van der Waals surface area contributed by atoms with Crippen molar-refractivity contribution in [3.05, 3.63) is 5.01 Å². The van der Waals surface area contributed by atoms with E-state index >= 15 is 0 Å². The molecule has 1 N–H and O–H groups in total. The van der Waals surface area contributed by atoms with E-state index < -0.39 is 5.67 Å². The second-order valence-electron chi connectivity index (χ2n) is 4.10. The number of hydrogen-bond acceptors (Lipinski definition) is 4. The van der Waals surface area contributed by atoms with Crippen LogP contribution in [-0.4, -0.2) is 22.4 Å². The molecule has 0 unspecified atom stereocenters. The fraction of sp³-hybridized carbons (Fsp3) is 0.778. The minimum absolute atomic E-state index is 0.375. The summed E-state index contributed by atoms with van der Waals surface area (Å²) in [6.07, 6.45) is 1.35. The molecule has 0 spiro atoms. The Hall–Kier alpha value is -0.710. The third-order valence-corrected chi connectivity index (χ3v) is 3.47. The Balaban J connectivity index is 1.90. The van der Waals surface area contributed by atoms with Crippen LogP contribution in [0.4, 0.5) is 9.52 Å². The van der Waals surface area contributed by atoms with Gasteiger partial charge in [0.15, 0.2) is 0 Å². The Kier molecular flexibility index (Phi) is 2.43. The molecule has 1 saturated carbocycles. The summed E-state index contributed by atoms with van der Waals surface area (Å²) in [6, 6.07) is 0. The molecule has 14 heavy (non-hydrogen) atoms. The molecule has 0 aromatic carbocycles. The topological polar surface area (TPSA) is 37.8 Å². The maximum absolute atomic E-state index is 13.2. The van der Waals surface area contributed by atoms with Crippen molar-refractivity contribution < 1.29 is 4.39 Å². The standard InChI is InChI=1S/C9H14FN3S/c1-6(2)7-12-13-8(14-7)11-5-9(10)3-4-9/h6H,3-5H2,1-2H3,(H,11,13). The molecule has 1 aliphatic rings. The summed E-state index contributed by atoms with van der Waals surface area (Å²) >= 11 is 1.51. The first-order valence-electron chi connectivity index (χ1n) is 4.85. The van der Waals surface area contributed by atoms with Gasteiger partial charge in [-0.05, 0) is 12.8 Å². The minimum Gasteiger partial charge on any atom is -0.357 e. The molecule has 0 atom stereocenters. The largest absolute Gasteiger partial charge is 0.357 e. The Morgan fingerprint density at radius 2 is 2.21 bits per heavy atom. The number of halogens is 1. The molecule has 0 bridgehead atoms. The van der Waals surface area contributed by atoms with Crippen molar-refractivity contribution >= 4 is 16.5 Å². The normalized spacial score (nSPS) is 18.6. The molecule has 1 aromatic rings. The molecule has 1 aromatic heterocycles. The zero-order chi connectivity index (χ0) is 10.2. The third kappa shape index (κ3) is 2.20. The summed E-state index contributed by atoms with van der Waals surface area (Å²) in [5, 5.41) is 12.7. The maximum Gasteiger partial charge on any atom is 0.205 e. The van der Waals surface area contributed by atoms with Gasteiger partial charge in [0.2, 0.25) is 5.13 Å². The molecular weight excluding hydrogens is 201 g/mol. The van der Waals surface area contributed by atoms with Crippen molar-refractivity contribution in [1.29, 1.82) is 0 Å². The quantitative estimate of drug-likeness (QED) is 0.838. The monoisotopic (exact) mass is 215 g/mol. The van der Waals surface area contributed by atoms with Gasteiger partial charge in [0.05, 0.1) is 6.54 Å². The average molecular weight is 215 g/mol. The SMILES string of the molecule is CC(C)c1nnc(NCC2(F)CC2)s1. The number of nitrogens with zero attached hydrogens (tertiary/aromatic N) is 2. The molecule has 3 nitrogen and oxygen atoms in total. The van der Waals surface area contributed by atoms with Gasteiger partial charge < -0.3 is 5.32 Å². The van der Waals surface area contributed by atoms with Crippen LogP contribution in [0.5, 0.6) is 0 Å². The van der Waals surface area contributed by atoms with Crippen molar-refractivity contribution in [2.45, 2.75) is 38.3 Å². The highest BCUT2D eigenvalue weighted by atomic mass is 32.1. The fourth-order valence-corrected chi connectivity index (χ4v) is 1.83. The van der Waals surface area contributed by atoms with E-state index in [1.807, 2.05) is 0 Å². The average Bonchev–Trinajstić information content (AvgIpc) is 2.68. The molecular formula is C9H14FN3S. The van der Waals surface area contributed by atoms with E-state index in [1.54, 1.807) is 0 Å². The van der Waals surface area contributed by atoms with Crippen LogP contribution >= 0.6 is 11.3 Å². The van der Waals surface area contributed by atoms with Gasteiger partial charge >= 0.3 is 0 Å². The zero-order valence-electron chi connectivity index (χ0n) is 8.38. The van der Waals surface area contributed by atoms with Crippen LogP contribution in [0.25, 0.3) is 0 Å². The number of aromatic nitrogens is 2. The van der Waals surface area contributed by atoms with Crippen molar-refractivity contribution in [3.63, 3.8) is 0 Å². The van der Waals surface area contributed by atoms with Crippen molar-refractivity contribution in [2.75, 3.05) is 11.9 Å². The van der Waals surface area contributed by atoms with Gasteiger partial charge in [-0.2, -0.15) is 0 Å². The van der Waals surface area contributed by atoms with Crippen molar-refractivity contribution in [1.82, 2.24) is 10.2 Å². The van der Waals surface area contributed by atoms with Crippen LogP contribution in [0.15, 0.2) is 0 Å². The molecule has 78 valence electrons. The van der Waals surface area contributed by atoms with Gasteiger partial charge in [0, 0.05) is 5.92 Å².